The van der Waals surface area contributed by atoms with Gasteiger partial charge in [0.1, 0.15) is 5.75 Å². The van der Waals surface area contributed by atoms with Crippen LogP contribution in [0.4, 0.5) is 0 Å². The number of carbonyl (C=O) groups is 1. The monoisotopic (exact) mass is 299 g/mol. The van der Waals surface area contributed by atoms with Crippen LogP contribution in [-0.2, 0) is 6.54 Å². The Bertz CT molecular complexity index is 790. The van der Waals surface area contributed by atoms with E-state index < -0.39 is 0 Å². The van der Waals surface area contributed by atoms with Crippen LogP contribution in [0.1, 0.15) is 15.9 Å². The number of aromatic nitrogens is 1. The number of aldehydes is 1. The molecule has 0 aliphatic rings. The molecule has 0 radical (unpaired) electrons. The van der Waals surface area contributed by atoms with E-state index in [0.29, 0.717) is 17.1 Å². The molecule has 0 aliphatic heterocycles. The molecular weight excluding hydrogens is 286 g/mol. The number of carbonyl (C=O) groups excluding carboxylic acids is 1. The summed E-state index contributed by atoms with van der Waals surface area (Å²) in [5, 5.41) is 1.64. The van der Waals surface area contributed by atoms with Gasteiger partial charge in [0.05, 0.1) is 12.6 Å². The van der Waals surface area contributed by atoms with E-state index in [-0.39, 0.29) is 0 Å². The standard InChI is InChI=1S/C17H14ClNO2/c1-21-15-6-7-16-13(11-20)10-19(17(16)8-15)9-12-2-4-14(18)5-3-12/h2-8,10-11H,9H2,1H3. The number of hydrogen-bond acceptors (Lipinski definition) is 2. The van der Waals surface area contributed by atoms with Crippen molar-refractivity contribution in [2.45, 2.75) is 6.54 Å². The fourth-order valence-corrected chi connectivity index (χ4v) is 2.56. The van der Waals surface area contributed by atoms with Gasteiger partial charge in [-0.05, 0) is 29.8 Å². The number of ether oxygens (including phenoxy) is 1. The Morgan fingerprint density at radius 2 is 1.95 bits per heavy atom. The third-order valence-electron chi connectivity index (χ3n) is 3.51. The van der Waals surface area contributed by atoms with Crippen LogP contribution >= 0.6 is 11.6 Å². The molecule has 1 aromatic heterocycles. The summed E-state index contributed by atoms with van der Waals surface area (Å²) in [6.07, 6.45) is 2.75. The molecular formula is C17H14ClNO2. The number of methoxy groups -OCH3 is 1. The van der Waals surface area contributed by atoms with Gasteiger partial charge in [-0.15, -0.1) is 0 Å². The van der Waals surface area contributed by atoms with E-state index in [1.807, 2.05) is 53.2 Å². The third kappa shape index (κ3) is 2.65. The molecule has 0 amide bonds. The van der Waals surface area contributed by atoms with Crippen molar-refractivity contribution in [3.05, 3.63) is 64.8 Å². The van der Waals surface area contributed by atoms with Crippen LogP contribution < -0.4 is 4.74 Å². The molecule has 106 valence electrons. The first-order valence-electron chi connectivity index (χ1n) is 6.58. The smallest absolute Gasteiger partial charge is 0.152 e. The van der Waals surface area contributed by atoms with Crippen LogP contribution in [0.25, 0.3) is 10.9 Å². The lowest BCUT2D eigenvalue weighted by molar-refractivity contribution is 0.112. The van der Waals surface area contributed by atoms with Gasteiger partial charge in [-0.2, -0.15) is 0 Å². The lowest BCUT2D eigenvalue weighted by atomic mass is 10.2. The molecule has 4 heteroatoms. The summed E-state index contributed by atoms with van der Waals surface area (Å²) in [7, 11) is 1.63. The minimum absolute atomic E-state index is 0.675. The van der Waals surface area contributed by atoms with Crippen molar-refractivity contribution in [1.82, 2.24) is 4.57 Å². The van der Waals surface area contributed by atoms with Crippen molar-refractivity contribution in [2.75, 3.05) is 7.11 Å². The molecule has 0 spiro atoms. The maximum absolute atomic E-state index is 11.2. The van der Waals surface area contributed by atoms with Gasteiger partial charge in [0.2, 0.25) is 0 Å². The van der Waals surface area contributed by atoms with Gasteiger partial charge in [0, 0.05) is 34.8 Å². The fourth-order valence-electron chi connectivity index (χ4n) is 2.44. The zero-order valence-electron chi connectivity index (χ0n) is 11.5. The van der Waals surface area contributed by atoms with Gasteiger partial charge < -0.3 is 9.30 Å². The maximum atomic E-state index is 11.2. The van der Waals surface area contributed by atoms with Crippen molar-refractivity contribution in [1.29, 1.82) is 0 Å². The van der Waals surface area contributed by atoms with Crippen LogP contribution in [-0.4, -0.2) is 18.0 Å². The second kappa shape index (κ2) is 5.62. The molecule has 0 unspecified atom stereocenters. The topological polar surface area (TPSA) is 31.2 Å². The average Bonchev–Trinajstić information content (AvgIpc) is 2.86. The predicted octanol–water partition coefficient (Wildman–Crippen LogP) is 4.16. The number of nitrogens with zero attached hydrogens (tertiary/aromatic N) is 1. The molecule has 0 bridgehead atoms. The van der Waals surface area contributed by atoms with Crippen molar-refractivity contribution in [3.8, 4) is 5.75 Å². The van der Waals surface area contributed by atoms with Crippen LogP contribution in [0.5, 0.6) is 5.75 Å². The molecule has 2 aromatic carbocycles. The largest absolute Gasteiger partial charge is 0.497 e. The number of halogens is 1. The quantitative estimate of drug-likeness (QED) is 0.677. The lowest BCUT2D eigenvalue weighted by Crippen LogP contribution is -1.97. The first-order chi connectivity index (χ1) is 10.2. The van der Waals surface area contributed by atoms with Crippen molar-refractivity contribution >= 4 is 28.8 Å². The van der Waals surface area contributed by atoms with E-state index in [0.717, 1.165) is 28.5 Å². The highest BCUT2D eigenvalue weighted by molar-refractivity contribution is 6.30. The van der Waals surface area contributed by atoms with Gasteiger partial charge in [0.25, 0.3) is 0 Å². The molecule has 1 heterocycles. The summed E-state index contributed by atoms with van der Waals surface area (Å²) >= 11 is 5.91. The van der Waals surface area contributed by atoms with Gasteiger partial charge in [-0.1, -0.05) is 23.7 Å². The van der Waals surface area contributed by atoms with Gasteiger partial charge in [-0.25, -0.2) is 0 Å². The molecule has 3 rings (SSSR count). The summed E-state index contributed by atoms with van der Waals surface area (Å²) in [6.45, 7) is 0.675. The minimum Gasteiger partial charge on any atom is -0.497 e. The van der Waals surface area contributed by atoms with Crippen molar-refractivity contribution in [3.63, 3.8) is 0 Å². The van der Waals surface area contributed by atoms with Gasteiger partial charge in [-0.3, -0.25) is 4.79 Å². The number of fused-ring (bicyclic) bond motifs is 1. The van der Waals surface area contributed by atoms with E-state index in [4.69, 9.17) is 16.3 Å². The molecule has 0 saturated carbocycles. The Morgan fingerprint density at radius 1 is 1.19 bits per heavy atom. The molecule has 0 saturated heterocycles. The number of benzene rings is 2. The van der Waals surface area contributed by atoms with Crippen LogP contribution in [0.15, 0.2) is 48.7 Å². The zero-order chi connectivity index (χ0) is 14.8. The van der Waals surface area contributed by atoms with E-state index >= 15 is 0 Å². The number of hydrogen-bond donors (Lipinski definition) is 0. The van der Waals surface area contributed by atoms with E-state index in [2.05, 4.69) is 0 Å². The molecule has 0 atom stereocenters. The molecule has 21 heavy (non-hydrogen) atoms. The van der Waals surface area contributed by atoms with Gasteiger partial charge in [0.15, 0.2) is 6.29 Å². The summed E-state index contributed by atoms with van der Waals surface area (Å²) in [4.78, 5) is 11.2. The second-order valence-corrected chi connectivity index (χ2v) is 5.28. The average molecular weight is 300 g/mol. The highest BCUT2D eigenvalue weighted by Gasteiger charge is 2.09. The van der Waals surface area contributed by atoms with Crippen LogP contribution in [0.2, 0.25) is 5.02 Å². The molecule has 0 fully saturated rings. The minimum atomic E-state index is 0.675. The van der Waals surface area contributed by atoms with Crippen LogP contribution in [0.3, 0.4) is 0 Å². The van der Waals surface area contributed by atoms with E-state index in [9.17, 15) is 4.79 Å². The Kier molecular flexibility index (Phi) is 3.67. The predicted molar refractivity (Wildman–Crippen MR) is 84.4 cm³/mol. The third-order valence-corrected chi connectivity index (χ3v) is 3.77. The maximum Gasteiger partial charge on any atom is 0.152 e. The highest BCUT2D eigenvalue weighted by Crippen LogP contribution is 2.26. The normalized spacial score (nSPS) is 10.8. The zero-order valence-corrected chi connectivity index (χ0v) is 12.3. The Balaban J connectivity index is 2.08. The Hall–Kier alpha value is -2.26. The van der Waals surface area contributed by atoms with Crippen LogP contribution in [0, 0.1) is 0 Å². The number of rotatable bonds is 4. The van der Waals surface area contributed by atoms with Crippen molar-refractivity contribution in [2.24, 2.45) is 0 Å². The summed E-state index contributed by atoms with van der Waals surface area (Å²) in [5.74, 6) is 0.774. The summed E-state index contributed by atoms with van der Waals surface area (Å²) in [5.41, 5.74) is 2.78. The van der Waals surface area contributed by atoms with Gasteiger partial charge >= 0.3 is 0 Å². The Morgan fingerprint density at radius 3 is 2.62 bits per heavy atom. The first-order valence-corrected chi connectivity index (χ1v) is 6.95. The second-order valence-electron chi connectivity index (χ2n) is 4.84. The molecule has 3 nitrogen and oxygen atoms in total. The SMILES string of the molecule is COc1ccc2c(C=O)cn(Cc3ccc(Cl)cc3)c2c1. The van der Waals surface area contributed by atoms with E-state index in [1.54, 1.807) is 7.11 Å². The Labute approximate surface area is 127 Å². The molecule has 0 N–H and O–H groups in total. The molecule has 3 aromatic rings. The first kappa shape index (κ1) is 13.7. The lowest BCUT2D eigenvalue weighted by Gasteiger charge is -2.07. The van der Waals surface area contributed by atoms with Crippen molar-refractivity contribution < 1.29 is 9.53 Å². The fraction of sp³-hybridized carbons (Fsp3) is 0.118. The highest BCUT2D eigenvalue weighted by atomic mass is 35.5. The summed E-state index contributed by atoms with van der Waals surface area (Å²) < 4.78 is 7.31. The summed E-state index contributed by atoms with van der Waals surface area (Å²) in [6, 6.07) is 13.4. The molecule has 0 aliphatic carbocycles. The van der Waals surface area contributed by atoms with E-state index in [1.165, 1.54) is 0 Å².